The van der Waals surface area contributed by atoms with E-state index in [1.54, 1.807) is 0 Å². The van der Waals surface area contributed by atoms with Crippen molar-refractivity contribution in [3.05, 3.63) is 59.9 Å². The van der Waals surface area contributed by atoms with Crippen molar-refractivity contribution < 1.29 is 18.7 Å². The molecule has 29 heavy (non-hydrogen) atoms. The summed E-state index contributed by atoms with van der Waals surface area (Å²) in [6.45, 7) is 4.97. The maximum absolute atomic E-state index is 12.9. The molecule has 6 nitrogen and oxygen atoms in total. The summed E-state index contributed by atoms with van der Waals surface area (Å²) in [5.41, 5.74) is 2.65. The number of pyridine rings is 1. The monoisotopic (exact) mass is 395 g/mol. The number of carbonyl (C=O) groups excluding carboxylic acids is 1. The number of carbonyl (C=O) groups is 1. The summed E-state index contributed by atoms with van der Waals surface area (Å²) in [4.78, 5) is 19.2. The van der Waals surface area contributed by atoms with Gasteiger partial charge in [0.25, 0.3) is 5.91 Å². The van der Waals surface area contributed by atoms with Gasteiger partial charge in [-0.3, -0.25) is 4.79 Å². The molecule has 0 bridgehead atoms. The number of ether oxygens (including phenoxy) is 2. The van der Waals surface area contributed by atoms with Gasteiger partial charge < -0.3 is 19.7 Å². The quantitative estimate of drug-likeness (QED) is 0.716. The lowest BCUT2D eigenvalue weighted by atomic mass is 10.1. The van der Waals surface area contributed by atoms with E-state index in [0.29, 0.717) is 24.7 Å². The minimum atomic E-state index is -0.348. The predicted octanol–water partition coefficient (Wildman–Crippen LogP) is 3.54. The zero-order valence-corrected chi connectivity index (χ0v) is 16.2. The Bertz CT molecular complexity index is 1020. The molecule has 1 aromatic heterocycles. The van der Waals surface area contributed by atoms with Gasteiger partial charge in [0.15, 0.2) is 6.61 Å². The van der Waals surface area contributed by atoms with Gasteiger partial charge in [0, 0.05) is 24.2 Å². The topological polar surface area (TPSA) is 63.7 Å². The van der Waals surface area contributed by atoms with Crippen LogP contribution >= 0.6 is 0 Å². The van der Waals surface area contributed by atoms with E-state index in [-0.39, 0.29) is 18.3 Å². The van der Waals surface area contributed by atoms with Gasteiger partial charge in [-0.1, -0.05) is 0 Å². The van der Waals surface area contributed by atoms with Gasteiger partial charge in [-0.05, 0) is 61.0 Å². The van der Waals surface area contributed by atoms with Crippen molar-refractivity contribution in [1.82, 2.24) is 4.98 Å². The summed E-state index contributed by atoms with van der Waals surface area (Å²) in [7, 11) is 0. The van der Waals surface area contributed by atoms with Gasteiger partial charge >= 0.3 is 0 Å². The third-order valence-corrected chi connectivity index (χ3v) is 4.80. The maximum atomic E-state index is 12.9. The van der Waals surface area contributed by atoms with E-state index in [1.807, 2.05) is 25.1 Å². The number of aryl methyl sites for hydroxylation is 1. The molecule has 0 atom stereocenters. The lowest BCUT2D eigenvalue weighted by molar-refractivity contribution is -0.118. The summed E-state index contributed by atoms with van der Waals surface area (Å²) in [6, 6.07) is 13.3. The maximum Gasteiger partial charge on any atom is 0.262 e. The molecule has 1 fully saturated rings. The number of nitrogens with zero attached hydrogens (tertiary/aromatic N) is 2. The highest BCUT2D eigenvalue weighted by Crippen LogP contribution is 2.26. The number of anilines is 2. The van der Waals surface area contributed by atoms with Crippen molar-refractivity contribution in [2.24, 2.45) is 0 Å². The molecule has 7 heteroatoms. The van der Waals surface area contributed by atoms with Crippen LogP contribution in [0.4, 0.5) is 15.9 Å². The summed E-state index contributed by atoms with van der Waals surface area (Å²) < 4.78 is 23.7. The first-order valence-electron chi connectivity index (χ1n) is 9.51. The van der Waals surface area contributed by atoms with E-state index >= 15 is 0 Å². The Morgan fingerprint density at radius 3 is 2.69 bits per heavy atom. The first-order valence-corrected chi connectivity index (χ1v) is 9.51. The average Bonchev–Trinajstić information content (AvgIpc) is 2.74. The molecule has 1 amide bonds. The fourth-order valence-corrected chi connectivity index (χ4v) is 3.29. The van der Waals surface area contributed by atoms with E-state index in [9.17, 15) is 9.18 Å². The SMILES string of the molecule is Cc1cc(N2CCOCC2)nc2ccc(NC(=O)COc3ccc(F)cc3)cc12. The average molecular weight is 395 g/mol. The van der Waals surface area contributed by atoms with Crippen LogP contribution in [0.1, 0.15) is 5.56 Å². The number of rotatable bonds is 5. The summed E-state index contributed by atoms with van der Waals surface area (Å²) in [6.07, 6.45) is 0. The molecule has 2 heterocycles. The third-order valence-electron chi connectivity index (χ3n) is 4.80. The number of benzene rings is 2. The number of morpholine rings is 1. The second-order valence-electron chi connectivity index (χ2n) is 6.92. The molecule has 1 aliphatic heterocycles. The molecule has 2 aromatic carbocycles. The number of halogens is 1. The van der Waals surface area contributed by atoms with Crippen LogP contribution in [-0.4, -0.2) is 43.8 Å². The lowest BCUT2D eigenvalue weighted by Gasteiger charge is -2.28. The lowest BCUT2D eigenvalue weighted by Crippen LogP contribution is -2.36. The second-order valence-corrected chi connectivity index (χ2v) is 6.92. The summed E-state index contributed by atoms with van der Waals surface area (Å²) in [5, 5.41) is 3.81. The number of nitrogens with one attached hydrogen (secondary N) is 1. The molecule has 150 valence electrons. The fourth-order valence-electron chi connectivity index (χ4n) is 3.29. The molecule has 4 rings (SSSR count). The molecule has 0 aliphatic carbocycles. The molecule has 0 radical (unpaired) electrons. The van der Waals surface area contributed by atoms with Crippen LogP contribution in [0.25, 0.3) is 10.9 Å². The minimum Gasteiger partial charge on any atom is -0.484 e. The predicted molar refractivity (Wildman–Crippen MR) is 110 cm³/mol. The molecule has 0 saturated carbocycles. The molecular weight excluding hydrogens is 373 g/mol. The van der Waals surface area contributed by atoms with Gasteiger partial charge in [-0.15, -0.1) is 0 Å². The van der Waals surface area contributed by atoms with E-state index in [1.165, 1.54) is 24.3 Å². The highest BCUT2D eigenvalue weighted by atomic mass is 19.1. The molecule has 3 aromatic rings. The number of hydrogen-bond donors (Lipinski definition) is 1. The number of aromatic nitrogens is 1. The van der Waals surface area contributed by atoms with Crippen molar-refractivity contribution in [1.29, 1.82) is 0 Å². The largest absolute Gasteiger partial charge is 0.484 e. The fraction of sp³-hybridized carbons (Fsp3) is 0.273. The Labute approximate surface area is 168 Å². The number of hydrogen-bond acceptors (Lipinski definition) is 5. The smallest absolute Gasteiger partial charge is 0.262 e. The van der Waals surface area contributed by atoms with Crippen LogP contribution in [0.5, 0.6) is 5.75 Å². The van der Waals surface area contributed by atoms with Gasteiger partial charge in [0.2, 0.25) is 0 Å². The van der Waals surface area contributed by atoms with Crippen molar-refractivity contribution in [3.8, 4) is 5.75 Å². The molecule has 1 aliphatic rings. The van der Waals surface area contributed by atoms with Crippen LogP contribution in [0.2, 0.25) is 0 Å². The Morgan fingerprint density at radius 2 is 1.93 bits per heavy atom. The van der Waals surface area contributed by atoms with Crippen LogP contribution in [0, 0.1) is 12.7 Å². The molecule has 0 spiro atoms. The summed E-state index contributed by atoms with van der Waals surface area (Å²) in [5.74, 6) is 0.751. The highest BCUT2D eigenvalue weighted by molar-refractivity contribution is 5.95. The van der Waals surface area contributed by atoms with Crippen molar-refractivity contribution >= 4 is 28.3 Å². The van der Waals surface area contributed by atoms with Crippen LogP contribution in [0.3, 0.4) is 0 Å². The van der Waals surface area contributed by atoms with Gasteiger partial charge in [0.1, 0.15) is 17.4 Å². The first kappa shape index (κ1) is 19.1. The van der Waals surface area contributed by atoms with Gasteiger partial charge in [0.05, 0.1) is 18.7 Å². The molecular formula is C22H22FN3O3. The minimum absolute atomic E-state index is 0.156. The molecule has 1 saturated heterocycles. The second kappa shape index (κ2) is 8.45. The van der Waals surface area contributed by atoms with E-state index in [4.69, 9.17) is 14.5 Å². The standard InChI is InChI=1S/C22H22FN3O3/c1-15-12-21(26-8-10-28-11-9-26)25-20-7-4-17(13-19(15)20)24-22(27)14-29-18-5-2-16(23)3-6-18/h2-7,12-13H,8-11,14H2,1H3,(H,24,27). The van der Waals surface area contributed by atoms with Crippen molar-refractivity contribution in [2.75, 3.05) is 43.1 Å². The van der Waals surface area contributed by atoms with Crippen molar-refractivity contribution in [3.63, 3.8) is 0 Å². The van der Waals surface area contributed by atoms with Gasteiger partial charge in [-0.2, -0.15) is 0 Å². The van der Waals surface area contributed by atoms with E-state index in [0.717, 1.165) is 35.4 Å². The first-order chi connectivity index (χ1) is 14.1. The Balaban J connectivity index is 1.44. The molecule has 0 unspecified atom stereocenters. The van der Waals surface area contributed by atoms with Crippen LogP contribution in [-0.2, 0) is 9.53 Å². The Kier molecular flexibility index (Phi) is 5.57. The zero-order chi connectivity index (χ0) is 20.2. The van der Waals surface area contributed by atoms with Crippen LogP contribution < -0.4 is 15.0 Å². The highest BCUT2D eigenvalue weighted by Gasteiger charge is 2.14. The van der Waals surface area contributed by atoms with Gasteiger partial charge in [-0.25, -0.2) is 9.37 Å². The Hall–Kier alpha value is -3.19. The van der Waals surface area contributed by atoms with E-state index in [2.05, 4.69) is 16.3 Å². The normalized spacial score (nSPS) is 14.1. The van der Waals surface area contributed by atoms with Crippen LogP contribution in [0.15, 0.2) is 48.5 Å². The molecule has 1 N–H and O–H groups in total. The van der Waals surface area contributed by atoms with Crippen molar-refractivity contribution in [2.45, 2.75) is 6.92 Å². The summed E-state index contributed by atoms with van der Waals surface area (Å²) >= 11 is 0. The Morgan fingerprint density at radius 1 is 1.17 bits per heavy atom. The van der Waals surface area contributed by atoms with E-state index < -0.39 is 0 Å². The zero-order valence-electron chi connectivity index (χ0n) is 16.2. The third kappa shape index (κ3) is 4.63. The number of amides is 1. The number of fused-ring (bicyclic) bond motifs is 1.